The molecule has 0 unspecified atom stereocenters. The number of nitrogens with zero attached hydrogens (tertiary/aromatic N) is 3. The van der Waals surface area contributed by atoms with Gasteiger partial charge in [0.1, 0.15) is 23.1 Å². The zero-order valence-corrected chi connectivity index (χ0v) is 16.6. The summed E-state index contributed by atoms with van der Waals surface area (Å²) in [5.41, 5.74) is 1.12. The van der Waals surface area contributed by atoms with Gasteiger partial charge in [-0.2, -0.15) is 0 Å². The lowest BCUT2D eigenvalue weighted by Gasteiger charge is -2.28. The minimum absolute atomic E-state index is 0.0163. The Hall–Kier alpha value is -2.34. The minimum atomic E-state index is -0.510. The number of amides is 1. The largest absolute Gasteiger partial charge is 0.490 e. The summed E-state index contributed by atoms with van der Waals surface area (Å²) in [4.78, 5) is 22.4. The number of carbonyl (C=O) groups is 1. The van der Waals surface area contributed by atoms with Crippen LogP contribution in [0.2, 0.25) is 5.15 Å². The monoisotopic (exact) mass is 389 g/mol. The van der Waals surface area contributed by atoms with Crippen molar-refractivity contribution in [3.63, 3.8) is 0 Å². The molecule has 144 valence electrons. The van der Waals surface area contributed by atoms with Gasteiger partial charge in [-0.15, -0.1) is 0 Å². The van der Waals surface area contributed by atoms with Crippen molar-refractivity contribution in [2.45, 2.75) is 45.3 Å². The number of hydrogen-bond donors (Lipinski definition) is 0. The van der Waals surface area contributed by atoms with Crippen LogP contribution in [0, 0.1) is 0 Å². The number of hydrogen-bond acceptors (Lipinski definition) is 5. The minimum Gasteiger partial charge on any atom is -0.490 e. The molecule has 0 saturated carbocycles. The van der Waals surface area contributed by atoms with E-state index in [0.29, 0.717) is 24.1 Å². The van der Waals surface area contributed by atoms with Crippen LogP contribution in [0.3, 0.4) is 0 Å². The van der Waals surface area contributed by atoms with Crippen LogP contribution in [-0.2, 0) is 4.74 Å². The number of carbonyl (C=O) groups excluding carboxylic acids is 1. The molecular formula is C20H24ClN3O3. The van der Waals surface area contributed by atoms with E-state index in [1.165, 1.54) is 0 Å². The SMILES string of the molecule is CC(C)(C)OC(=O)N1CCC[C@H]1COc1cnc(Cl)c(-c2cccnc2)c1. The lowest BCUT2D eigenvalue weighted by atomic mass is 10.1. The molecule has 3 rings (SSSR count). The Morgan fingerprint density at radius 1 is 1.37 bits per heavy atom. The molecule has 0 bridgehead atoms. The highest BCUT2D eigenvalue weighted by Gasteiger charge is 2.32. The van der Waals surface area contributed by atoms with Crippen LogP contribution in [-0.4, -0.2) is 45.8 Å². The maximum Gasteiger partial charge on any atom is 0.410 e. The Bertz CT molecular complexity index is 793. The maximum atomic E-state index is 12.4. The zero-order valence-electron chi connectivity index (χ0n) is 15.8. The lowest BCUT2D eigenvalue weighted by molar-refractivity contribution is 0.0187. The summed E-state index contributed by atoms with van der Waals surface area (Å²) >= 11 is 6.22. The second-order valence-corrected chi connectivity index (χ2v) is 7.89. The standard InChI is InChI=1S/C20H24ClN3O3/c1-20(2,3)27-19(25)24-9-5-7-15(24)13-26-16-10-17(18(21)23-12-16)14-6-4-8-22-11-14/h4,6,8,10-12,15H,5,7,9,13H2,1-3H3/t15-/m0/s1. The van der Waals surface area contributed by atoms with Crippen molar-refractivity contribution in [3.05, 3.63) is 41.9 Å². The van der Waals surface area contributed by atoms with E-state index in [0.717, 1.165) is 24.0 Å². The van der Waals surface area contributed by atoms with Crippen LogP contribution in [0.1, 0.15) is 33.6 Å². The summed E-state index contributed by atoms with van der Waals surface area (Å²) in [6, 6.07) is 5.59. The highest BCUT2D eigenvalue weighted by Crippen LogP contribution is 2.29. The summed E-state index contributed by atoms with van der Waals surface area (Å²) in [7, 11) is 0. The molecule has 3 heterocycles. The van der Waals surface area contributed by atoms with Gasteiger partial charge in [0.15, 0.2) is 0 Å². The van der Waals surface area contributed by atoms with Crippen molar-refractivity contribution in [3.8, 4) is 16.9 Å². The van der Waals surface area contributed by atoms with Crippen LogP contribution < -0.4 is 4.74 Å². The summed E-state index contributed by atoms with van der Waals surface area (Å²) in [6.45, 7) is 6.67. The number of aromatic nitrogens is 2. The van der Waals surface area contributed by atoms with Gasteiger partial charge >= 0.3 is 6.09 Å². The number of rotatable bonds is 4. The number of ether oxygens (including phenoxy) is 2. The van der Waals surface area contributed by atoms with E-state index >= 15 is 0 Å². The van der Waals surface area contributed by atoms with Gasteiger partial charge in [-0.05, 0) is 45.7 Å². The quantitative estimate of drug-likeness (QED) is 0.716. The van der Waals surface area contributed by atoms with Gasteiger partial charge in [0.05, 0.1) is 12.2 Å². The van der Waals surface area contributed by atoms with Gasteiger partial charge in [0.2, 0.25) is 0 Å². The average molecular weight is 390 g/mol. The first-order valence-electron chi connectivity index (χ1n) is 9.02. The summed E-state index contributed by atoms with van der Waals surface area (Å²) in [5, 5.41) is 0.395. The fourth-order valence-electron chi connectivity index (χ4n) is 2.99. The highest BCUT2D eigenvalue weighted by atomic mass is 35.5. The van der Waals surface area contributed by atoms with Crippen molar-refractivity contribution in [2.24, 2.45) is 0 Å². The Labute approximate surface area is 164 Å². The van der Waals surface area contributed by atoms with Crippen molar-refractivity contribution < 1.29 is 14.3 Å². The van der Waals surface area contributed by atoms with E-state index in [1.807, 2.05) is 39.0 Å². The van der Waals surface area contributed by atoms with Crippen LogP contribution >= 0.6 is 11.6 Å². The second-order valence-electron chi connectivity index (χ2n) is 7.53. The predicted octanol–water partition coefficient (Wildman–Crippen LogP) is 4.58. The molecule has 27 heavy (non-hydrogen) atoms. The first-order valence-corrected chi connectivity index (χ1v) is 9.39. The van der Waals surface area contributed by atoms with E-state index in [4.69, 9.17) is 21.1 Å². The first-order chi connectivity index (χ1) is 12.8. The topological polar surface area (TPSA) is 64.5 Å². The maximum absolute atomic E-state index is 12.4. The third-order valence-electron chi connectivity index (χ3n) is 4.23. The summed E-state index contributed by atoms with van der Waals surface area (Å²) in [5.74, 6) is 0.606. The molecular weight excluding hydrogens is 366 g/mol. The Morgan fingerprint density at radius 3 is 2.89 bits per heavy atom. The van der Waals surface area contributed by atoms with Crippen molar-refractivity contribution in [2.75, 3.05) is 13.2 Å². The van der Waals surface area contributed by atoms with Crippen molar-refractivity contribution >= 4 is 17.7 Å². The van der Waals surface area contributed by atoms with Crippen molar-refractivity contribution in [1.82, 2.24) is 14.9 Å². The number of halogens is 1. The predicted molar refractivity (Wildman–Crippen MR) is 104 cm³/mol. The molecule has 1 saturated heterocycles. The smallest absolute Gasteiger partial charge is 0.410 e. The molecule has 0 aromatic carbocycles. The van der Waals surface area contributed by atoms with E-state index in [-0.39, 0.29) is 12.1 Å². The molecule has 1 amide bonds. The van der Waals surface area contributed by atoms with Gasteiger partial charge in [0.25, 0.3) is 0 Å². The molecule has 2 aromatic rings. The first kappa shape index (κ1) is 19.4. The Balaban J connectivity index is 1.67. The van der Waals surface area contributed by atoms with Crippen LogP contribution in [0.15, 0.2) is 36.8 Å². The fraction of sp³-hybridized carbons (Fsp3) is 0.450. The van der Waals surface area contributed by atoms with E-state index < -0.39 is 5.60 Å². The summed E-state index contributed by atoms with van der Waals surface area (Å²) in [6.07, 6.45) is 6.56. The molecule has 0 aliphatic carbocycles. The van der Waals surface area contributed by atoms with Gasteiger partial charge in [-0.3, -0.25) is 4.98 Å². The molecule has 6 nitrogen and oxygen atoms in total. The van der Waals surface area contributed by atoms with Crippen molar-refractivity contribution in [1.29, 1.82) is 0 Å². The van der Waals surface area contributed by atoms with E-state index in [2.05, 4.69) is 9.97 Å². The zero-order chi connectivity index (χ0) is 19.4. The van der Waals surface area contributed by atoms with Gasteiger partial charge in [-0.25, -0.2) is 9.78 Å². The van der Waals surface area contributed by atoms with Crippen LogP contribution in [0.25, 0.3) is 11.1 Å². The number of pyridine rings is 2. The molecule has 0 spiro atoms. The average Bonchev–Trinajstić information content (AvgIpc) is 3.09. The molecule has 1 atom stereocenters. The molecule has 1 aliphatic heterocycles. The third-order valence-corrected chi connectivity index (χ3v) is 4.54. The molecule has 1 aliphatic rings. The molecule has 7 heteroatoms. The molecule has 0 radical (unpaired) electrons. The molecule has 1 fully saturated rings. The number of likely N-dealkylation sites (tertiary alicyclic amines) is 1. The second kappa shape index (κ2) is 8.13. The fourth-order valence-corrected chi connectivity index (χ4v) is 3.21. The summed E-state index contributed by atoms with van der Waals surface area (Å²) < 4.78 is 11.4. The van der Waals surface area contributed by atoms with Crippen LogP contribution in [0.4, 0.5) is 4.79 Å². The Morgan fingerprint density at radius 2 is 2.19 bits per heavy atom. The lowest BCUT2D eigenvalue weighted by Crippen LogP contribution is -2.42. The van der Waals surface area contributed by atoms with E-state index in [9.17, 15) is 4.79 Å². The highest BCUT2D eigenvalue weighted by molar-refractivity contribution is 6.32. The van der Waals surface area contributed by atoms with Gasteiger partial charge in [-0.1, -0.05) is 17.7 Å². The normalized spacial score (nSPS) is 17.0. The molecule has 0 N–H and O–H groups in total. The Kier molecular flexibility index (Phi) is 5.85. The van der Waals surface area contributed by atoms with Gasteiger partial charge < -0.3 is 14.4 Å². The molecule has 2 aromatic heterocycles. The third kappa shape index (κ3) is 5.10. The van der Waals surface area contributed by atoms with E-state index in [1.54, 1.807) is 23.5 Å². The van der Waals surface area contributed by atoms with Gasteiger partial charge in [0, 0.05) is 30.1 Å². The van der Waals surface area contributed by atoms with Crippen LogP contribution in [0.5, 0.6) is 5.75 Å².